The van der Waals surface area contributed by atoms with Crippen LogP contribution in [-0.2, 0) is 0 Å². The molecule has 0 aliphatic carbocycles. The molecule has 5 heteroatoms. The third kappa shape index (κ3) is 3.01. The van der Waals surface area contributed by atoms with Crippen molar-refractivity contribution in [3.05, 3.63) is 23.7 Å². The second-order valence-electron chi connectivity index (χ2n) is 4.27. The van der Waals surface area contributed by atoms with Gasteiger partial charge in [-0.2, -0.15) is 0 Å². The van der Waals surface area contributed by atoms with E-state index in [4.69, 9.17) is 16.0 Å². The summed E-state index contributed by atoms with van der Waals surface area (Å²) in [6.07, 6.45) is 1.53. The molecule has 1 aliphatic heterocycles. The number of halogens is 1. The van der Waals surface area contributed by atoms with E-state index in [0.717, 1.165) is 38.5 Å². The monoisotopic (exact) mass is 256 g/mol. The van der Waals surface area contributed by atoms with Crippen molar-refractivity contribution in [1.29, 1.82) is 0 Å². The molecule has 2 rings (SSSR count). The number of amides is 1. The van der Waals surface area contributed by atoms with Gasteiger partial charge in [-0.15, -0.1) is 11.6 Å². The van der Waals surface area contributed by atoms with E-state index in [-0.39, 0.29) is 5.91 Å². The topological polar surface area (TPSA) is 36.7 Å². The predicted molar refractivity (Wildman–Crippen MR) is 66.5 cm³/mol. The molecule has 0 saturated carbocycles. The first kappa shape index (κ1) is 12.5. The number of alkyl halides is 1. The van der Waals surface area contributed by atoms with Gasteiger partial charge in [0.15, 0.2) is 0 Å². The van der Waals surface area contributed by atoms with E-state index in [0.29, 0.717) is 11.4 Å². The molecule has 0 N–H and O–H groups in total. The number of nitrogens with zero attached hydrogens (tertiary/aromatic N) is 2. The first-order valence-corrected chi connectivity index (χ1v) is 6.37. The number of aryl methyl sites for hydroxylation is 1. The third-order valence-corrected chi connectivity index (χ3v) is 3.21. The maximum Gasteiger partial charge on any atom is 0.257 e. The third-order valence-electron chi connectivity index (χ3n) is 3.04. The molecule has 94 valence electrons. The van der Waals surface area contributed by atoms with E-state index in [1.54, 1.807) is 6.07 Å². The van der Waals surface area contributed by atoms with Crippen molar-refractivity contribution in [2.24, 2.45) is 0 Å². The van der Waals surface area contributed by atoms with Crippen LogP contribution in [0, 0.1) is 6.92 Å². The van der Waals surface area contributed by atoms with Gasteiger partial charge in [-0.05, 0) is 13.0 Å². The minimum Gasteiger partial charge on any atom is -0.469 e. The fraction of sp³-hybridized carbons (Fsp3) is 0.583. The molecule has 0 radical (unpaired) electrons. The summed E-state index contributed by atoms with van der Waals surface area (Å²) in [6.45, 7) is 6.06. The molecular weight excluding hydrogens is 240 g/mol. The average molecular weight is 257 g/mol. The maximum absolute atomic E-state index is 12.1. The first-order chi connectivity index (χ1) is 8.20. The van der Waals surface area contributed by atoms with Crippen LogP contribution >= 0.6 is 11.6 Å². The minimum absolute atomic E-state index is 0.0624. The van der Waals surface area contributed by atoms with Crippen molar-refractivity contribution in [3.8, 4) is 0 Å². The quantitative estimate of drug-likeness (QED) is 0.771. The number of piperazine rings is 1. The molecule has 1 fully saturated rings. The lowest BCUT2D eigenvalue weighted by Gasteiger charge is -2.34. The number of rotatable bonds is 3. The normalized spacial score (nSPS) is 17.4. The van der Waals surface area contributed by atoms with Gasteiger partial charge in [-0.25, -0.2) is 0 Å². The van der Waals surface area contributed by atoms with Gasteiger partial charge in [0.2, 0.25) is 0 Å². The zero-order valence-corrected chi connectivity index (χ0v) is 10.7. The Morgan fingerprint density at radius 1 is 1.41 bits per heavy atom. The van der Waals surface area contributed by atoms with Gasteiger partial charge in [0, 0.05) is 38.6 Å². The van der Waals surface area contributed by atoms with Gasteiger partial charge in [-0.3, -0.25) is 9.69 Å². The molecule has 0 aromatic carbocycles. The van der Waals surface area contributed by atoms with Crippen LogP contribution in [-0.4, -0.2) is 54.3 Å². The lowest BCUT2D eigenvalue weighted by Crippen LogP contribution is -2.49. The fourth-order valence-corrected chi connectivity index (χ4v) is 2.27. The SMILES string of the molecule is Cc1cc(C(=O)N2CCN(CCCl)CC2)co1. The molecule has 0 bridgehead atoms. The van der Waals surface area contributed by atoms with Crippen LogP contribution < -0.4 is 0 Å². The average Bonchev–Trinajstić information content (AvgIpc) is 2.76. The first-order valence-electron chi connectivity index (χ1n) is 5.83. The highest BCUT2D eigenvalue weighted by atomic mass is 35.5. The van der Waals surface area contributed by atoms with Crippen LogP contribution in [0.25, 0.3) is 0 Å². The number of furan rings is 1. The highest BCUT2D eigenvalue weighted by Crippen LogP contribution is 2.11. The summed E-state index contributed by atoms with van der Waals surface area (Å²) < 4.78 is 5.16. The summed E-state index contributed by atoms with van der Waals surface area (Å²) in [4.78, 5) is 16.2. The summed E-state index contributed by atoms with van der Waals surface area (Å²) in [5.74, 6) is 1.48. The molecule has 1 amide bonds. The van der Waals surface area contributed by atoms with Crippen molar-refractivity contribution in [1.82, 2.24) is 9.80 Å². The van der Waals surface area contributed by atoms with Crippen molar-refractivity contribution >= 4 is 17.5 Å². The van der Waals surface area contributed by atoms with Gasteiger partial charge in [0.25, 0.3) is 5.91 Å². The molecule has 1 saturated heterocycles. The highest BCUT2D eigenvalue weighted by Gasteiger charge is 2.22. The number of hydrogen-bond donors (Lipinski definition) is 0. The Bertz CT molecular complexity index is 384. The van der Waals surface area contributed by atoms with Gasteiger partial charge < -0.3 is 9.32 Å². The van der Waals surface area contributed by atoms with E-state index in [1.165, 1.54) is 6.26 Å². The van der Waals surface area contributed by atoms with Gasteiger partial charge in [0.1, 0.15) is 12.0 Å². The Balaban J connectivity index is 1.90. The Morgan fingerprint density at radius 2 is 2.12 bits per heavy atom. The lowest BCUT2D eigenvalue weighted by molar-refractivity contribution is 0.0643. The Kier molecular flexibility index (Phi) is 4.07. The Morgan fingerprint density at radius 3 is 2.65 bits per heavy atom. The van der Waals surface area contributed by atoms with E-state index >= 15 is 0 Å². The number of carbonyl (C=O) groups is 1. The lowest BCUT2D eigenvalue weighted by atomic mass is 10.2. The van der Waals surface area contributed by atoms with Crippen LogP contribution in [0.4, 0.5) is 0 Å². The second kappa shape index (κ2) is 5.56. The van der Waals surface area contributed by atoms with E-state index in [9.17, 15) is 4.79 Å². The Labute approximate surface area is 106 Å². The Hall–Kier alpha value is -1.00. The zero-order chi connectivity index (χ0) is 12.3. The molecule has 0 unspecified atom stereocenters. The second-order valence-corrected chi connectivity index (χ2v) is 4.65. The van der Waals surface area contributed by atoms with Crippen LogP contribution in [0.15, 0.2) is 16.7 Å². The summed E-state index contributed by atoms with van der Waals surface area (Å²) in [5, 5.41) is 0. The van der Waals surface area contributed by atoms with Gasteiger partial charge in [0.05, 0.1) is 5.56 Å². The van der Waals surface area contributed by atoms with Crippen LogP contribution in [0.2, 0.25) is 0 Å². The zero-order valence-electron chi connectivity index (χ0n) is 9.99. The summed E-state index contributed by atoms with van der Waals surface area (Å²) in [7, 11) is 0. The molecule has 4 nitrogen and oxygen atoms in total. The molecule has 0 spiro atoms. The summed E-state index contributed by atoms with van der Waals surface area (Å²) >= 11 is 5.70. The van der Waals surface area contributed by atoms with Crippen molar-refractivity contribution in [2.75, 3.05) is 38.6 Å². The number of carbonyl (C=O) groups excluding carboxylic acids is 1. The molecule has 0 atom stereocenters. The fourth-order valence-electron chi connectivity index (χ4n) is 2.03. The maximum atomic E-state index is 12.1. The van der Waals surface area contributed by atoms with Gasteiger partial charge >= 0.3 is 0 Å². The smallest absolute Gasteiger partial charge is 0.257 e. The van der Waals surface area contributed by atoms with E-state index < -0.39 is 0 Å². The van der Waals surface area contributed by atoms with Crippen molar-refractivity contribution in [3.63, 3.8) is 0 Å². The predicted octanol–water partition coefficient (Wildman–Crippen LogP) is 1.58. The van der Waals surface area contributed by atoms with E-state index in [1.807, 2.05) is 11.8 Å². The van der Waals surface area contributed by atoms with Gasteiger partial charge in [-0.1, -0.05) is 0 Å². The number of hydrogen-bond acceptors (Lipinski definition) is 3. The van der Waals surface area contributed by atoms with Crippen LogP contribution in [0.1, 0.15) is 16.1 Å². The molecule has 1 aromatic heterocycles. The van der Waals surface area contributed by atoms with Crippen LogP contribution in [0.5, 0.6) is 0 Å². The molecule has 2 heterocycles. The van der Waals surface area contributed by atoms with Crippen molar-refractivity contribution in [2.45, 2.75) is 6.92 Å². The minimum atomic E-state index is 0.0624. The highest BCUT2D eigenvalue weighted by molar-refractivity contribution is 6.18. The van der Waals surface area contributed by atoms with Crippen molar-refractivity contribution < 1.29 is 9.21 Å². The largest absolute Gasteiger partial charge is 0.469 e. The molecule has 17 heavy (non-hydrogen) atoms. The van der Waals surface area contributed by atoms with Crippen LogP contribution in [0.3, 0.4) is 0 Å². The van der Waals surface area contributed by atoms with E-state index in [2.05, 4.69) is 4.90 Å². The summed E-state index contributed by atoms with van der Waals surface area (Å²) in [6, 6.07) is 1.79. The summed E-state index contributed by atoms with van der Waals surface area (Å²) in [5.41, 5.74) is 0.647. The molecule has 1 aromatic rings. The molecular formula is C12H17ClN2O2. The standard InChI is InChI=1S/C12H17ClN2O2/c1-10-8-11(9-17-10)12(16)15-6-4-14(3-2-13)5-7-15/h8-9H,2-7H2,1H3. The molecule has 1 aliphatic rings.